The van der Waals surface area contributed by atoms with E-state index in [0.29, 0.717) is 0 Å². The molecule has 1 aromatic heterocycles. The molecule has 92 valence electrons. The third-order valence-corrected chi connectivity index (χ3v) is 4.09. The van der Waals surface area contributed by atoms with E-state index in [1.54, 1.807) is 0 Å². The summed E-state index contributed by atoms with van der Waals surface area (Å²) in [5, 5.41) is 3.66. The van der Waals surface area contributed by atoms with Gasteiger partial charge in [0.15, 0.2) is 0 Å². The summed E-state index contributed by atoms with van der Waals surface area (Å²) >= 11 is 0. The summed E-state index contributed by atoms with van der Waals surface area (Å²) in [7, 11) is 0. The predicted octanol–water partition coefficient (Wildman–Crippen LogP) is 1.97. The Bertz CT molecular complexity index is 391. The largest absolute Gasteiger partial charge is 0.356 e. The van der Waals surface area contributed by atoms with Crippen LogP contribution < -0.4 is 10.2 Å². The third kappa shape index (κ3) is 2.29. The molecule has 0 radical (unpaired) electrons. The topological polar surface area (TPSA) is 28.2 Å². The molecule has 3 heterocycles. The first-order valence-electron chi connectivity index (χ1n) is 6.75. The average molecular weight is 231 g/mol. The van der Waals surface area contributed by atoms with Gasteiger partial charge >= 0.3 is 0 Å². The van der Waals surface area contributed by atoms with Crippen LogP contribution in [0.5, 0.6) is 0 Å². The minimum absolute atomic E-state index is 0.754. The second-order valence-electron chi connectivity index (χ2n) is 5.33. The summed E-state index contributed by atoms with van der Waals surface area (Å²) in [6, 6.07) is 7.08. The summed E-state index contributed by atoms with van der Waals surface area (Å²) in [5.41, 5.74) is 1.12. The van der Waals surface area contributed by atoms with E-state index in [1.807, 2.05) is 0 Å². The highest BCUT2D eigenvalue weighted by molar-refractivity contribution is 5.40. The van der Waals surface area contributed by atoms with Gasteiger partial charge in [-0.2, -0.15) is 0 Å². The van der Waals surface area contributed by atoms with E-state index in [0.717, 1.165) is 30.0 Å². The standard InChI is InChI=1S/C14H21N3/c1-11-4-2-6-14(16-11)17-9-7-13-12(10-17)5-3-8-15-13/h2,4,6,12-13,15H,3,5,7-10H2,1H3. The summed E-state index contributed by atoms with van der Waals surface area (Å²) in [6.45, 7) is 5.60. The molecule has 0 spiro atoms. The zero-order valence-corrected chi connectivity index (χ0v) is 10.5. The van der Waals surface area contributed by atoms with Gasteiger partial charge in [0.1, 0.15) is 5.82 Å². The molecule has 3 rings (SSSR count). The Labute approximate surface area is 103 Å². The van der Waals surface area contributed by atoms with Gasteiger partial charge in [0.2, 0.25) is 0 Å². The van der Waals surface area contributed by atoms with Crippen molar-refractivity contribution in [2.45, 2.75) is 32.2 Å². The van der Waals surface area contributed by atoms with Crippen LogP contribution in [0.15, 0.2) is 18.2 Å². The Balaban J connectivity index is 1.73. The van der Waals surface area contributed by atoms with Gasteiger partial charge < -0.3 is 10.2 Å². The first-order valence-corrected chi connectivity index (χ1v) is 6.75. The zero-order chi connectivity index (χ0) is 11.7. The lowest BCUT2D eigenvalue weighted by atomic mass is 9.85. The van der Waals surface area contributed by atoms with Crippen molar-refractivity contribution in [2.24, 2.45) is 5.92 Å². The second-order valence-corrected chi connectivity index (χ2v) is 5.33. The van der Waals surface area contributed by atoms with Crippen molar-refractivity contribution >= 4 is 5.82 Å². The van der Waals surface area contributed by atoms with Crippen molar-refractivity contribution in [3.63, 3.8) is 0 Å². The van der Waals surface area contributed by atoms with Crippen LogP contribution in [0.2, 0.25) is 0 Å². The van der Waals surface area contributed by atoms with Gasteiger partial charge in [0, 0.05) is 24.8 Å². The maximum absolute atomic E-state index is 4.64. The van der Waals surface area contributed by atoms with Gasteiger partial charge in [-0.15, -0.1) is 0 Å². The van der Waals surface area contributed by atoms with E-state index in [1.165, 1.54) is 32.4 Å². The maximum Gasteiger partial charge on any atom is 0.128 e. The van der Waals surface area contributed by atoms with Gasteiger partial charge in [-0.1, -0.05) is 6.07 Å². The lowest BCUT2D eigenvalue weighted by Gasteiger charge is -2.42. The lowest BCUT2D eigenvalue weighted by molar-refractivity contribution is 0.244. The number of nitrogens with zero attached hydrogens (tertiary/aromatic N) is 2. The van der Waals surface area contributed by atoms with Gasteiger partial charge in [-0.05, 0) is 50.8 Å². The van der Waals surface area contributed by atoms with Gasteiger partial charge in [-0.25, -0.2) is 4.98 Å². The first kappa shape index (κ1) is 11.0. The predicted molar refractivity (Wildman–Crippen MR) is 70.3 cm³/mol. The molecule has 2 unspecified atom stereocenters. The van der Waals surface area contributed by atoms with E-state index in [2.05, 4.69) is 40.3 Å². The number of pyridine rings is 1. The summed E-state index contributed by atoms with van der Waals surface area (Å²) in [6.07, 6.45) is 3.97. The molecular weight excluding hydrogens is 210 g/mol. The van der Waals surface area contributed by atoms with Crippen LogP contribution in [-0.4, -0.2) is 30.7 Å². The maximum atomic E-state index is 4.64. The molecule has 2 aliphatic rings. The van der Waals surface area contributed by atoms with Crippen molar-refractivity contribution in [3.8, 4) is 0 Å². The normalized spacial score (nSPS) is 28.9. The number of fused-ring (bicyclic) bond motifs is 1. The van der Waals surface area contributed by atoms with Crippen molar-refractivity contribution in [1.29, 1.82) is 0 Å². The SMILES string of the molecule is Cc1cccc(N2CCC3NCCCC3C2)n1. The number of aryl methyl sites for hydroxylation is 1. The van der Waals surface area contributed by atoms with Crippen LogP contribution in [0.3, 0.4) is 0 Å². The molecular formula is C14H21N3. The van der Waals surface area contributed by atoms with Crippen LogP contribution in [0.4, 0.5) is 5.82 Å². The Hall–Kier alpha value is -1.09. The minimum atomic E-state index is 0.754. The Morgan fingerprint density at radius 2 is 2.29 bits per heavy atom. The highest BCUT2D eigenvalue weighted by Crippen LogP contribution is 2.27. The summed E-state index contributed by atoms with van der Waals surface area (Å²) < 4.78 is 0. The average Bonchev–Trinajstić information content (AvgIpc) is 2.38. The van der Waals surface area contributed by atoms with Crippen LogP contribution in [-0.2, 0) is 0 Å². The number of hydrogen-bond donors (Lipinski definition) is 1. The molecule has 0 amide bonds. The van der Waals surface area contributed by atoms with Gasteiger partial charge in [-0.3, -0.25) is 0 Å². The molecule has 3 nitrogen and oxygen atoms in total. The Morgan fingerprint density at radius 3 is 3.18 bits per heavy atom. The molecule has 2 fully saturated rings. The van der Waals surface area contributed by atoms with Crippen LogP contribution in [0, 0.1) is 12.8 Å². The van der Waals surface area contributed by atoms with Crippen molar-refractivity contribution in [1.82, 2.24) is 10.3 Å². The molecule has 0 aliphatic carbocycles. The fourth-order valence-electron chi connectivity index (χ4n) is 3.16. The lowest BCUT2D eigenvalue weighted by Crippen LogP contribution is -2.52. The molecule has 0 aromatic carbocycles. The number of aromatic nitrogens is 1. The number of nitrogens with one attached hydrogen (secondary N) is 1. The molecule has 2 aliphatic heterocycles. The highest BCUT2D eigenvalue weighted by Gasteiger charge is 2.31. The highest BCUT2D eigenvalue weighted by atomic mass is 15.2. The molecule has 17 heavy (non-hydrogen) atoms. The molecule has 2 saturated heterocycles. The number of rotatable bonds is 1. The van der Waals surface area contributed by atoms with Gasteiger partial charge in [0.05, 0.1) is 0 Å². The van der Waals surface area contributed by atoms with E-state index < -0.39 is 0 Å². The quantitative estimate of drug-likeness (QED) is 0.801. The van der Waals surface area contributed by atoms with Gasteiger partial charge in [0.25, 0.3) is 0 Å². The fourth-order valence-corrected chi connectivity index (χ4v) is 3.16. The van der Waals surface area contributed by atoms with Crippen molar-refractivity contribution in [3.05, 3.63) is 23.9 Å². The Morgan fingerprint density at radius 1 is 1.35 bits per heavy atom. The molecule has 0 bridgehead atoms. The molecule has 0 saturated carbocycles. The van der Waals surface area contributed by atoms with Crippen LogP contribution in [0.1, 0.15) is 25.0 Å². The van der Waals surface area contributed by atoms with Crippen molar-refractivity contribution in [2.75, 3.05) is 24.5 Å². The number of anilines is 1. The zero-order valence-electron chi connectivity index (χ0n) is 10.5. The van der Waals surface area contributed by atoms with E-state index in [-0.39, 0.29) is 0 Å². The Kier molecular flexibility index (Phi) is 3.02. The van der Waals surface area contributed by atoms with Crippen LogP contribution in [0.25, 0.3) is 0 Å². The van der Waals surface area contributed by atoms with Crippen LogP contribution >= 0.6 is 0 Å². The van der Waals surface area contributed by atoms with E-state index >= 15 is 0 Å². The molecule has 1 N–H and O–H groups in total. The van der Waals surface area contributed by atoms with E-state index in [9.17, 15) is 0 Å². The molecule has 3 heteroatoms. The first-order chi connectivity index (χ1) is 8.33. The number of piperidine rings is 2. The van der Waals surface area contributed by atoms with Crippen molar-refractivity contribution < 1.29 is 0 Å². The molecule has 2 atom stereocenters. The second kappa shape index (κ2) is 4.65. The fraction of sp³-hybridized carbons (Fsp3) is 0.643. The number of hydrogen-bond acceptors (Lipinski definition) is 3. The molecule has 1 aromatic rings. The third-order valence-electron chi connectivity index (χ3n) is 4.09. The summed E-state index contributed by atoms with van der Waals surface area (Å²) in [4.78, 5) is 7.10. The van der Waals surface area contributed by atoms with E-state index in [4.69, 9.17) is 0 Å². The summed E-state index contributed by atoms with van der Waals surface area (Å²) in [5.74, 6) is 1.98. The monoisotopic (exact) mass is 231 g/mol. The minimum Gasteiger partial charge on any atom is -0.356 e. The smallest absolute Gasteiger partial charge is 0.128 e.